The number of carboxylic acid groups (broad SMARTS) is 1. The Morgan fingerprint density at radius 2 is 1.52 bits per heavy atom. The fourth-order valence-electron chi connectivity index (χ4n) is 2.60. The molecule has 0 saturated carbocycles. The first-order valence-corrected chi connectivity index (χ1v) is 11.4. The molecule has 0 spiro atoms. The summed E-state index contributed by atoms with van der Waals surface area (Å²) < 4.78 is 0. The third-order valence-corrected chi connectivity index (χ3v) is 5.24. The third kappa shape index (κ3) is 16.9. The van der Waals surface area contributed by atoms with E-state index in [1.807, 2.05) is 0 Å². The second-order valence-electron chi connectivity index (χ2n) is 7.89. The summed E-state index contributed by atoms with van der Waals surface area (Å²) in [6.07, 6.45) is 14.2. The summed E-state index contributed by atoms with van der Waals surface area (Å²) in [5.41, 5.74) is 5.47. The molecule has 0 aromatic rings. The molecule has 0 bridgehead atoms. The van der Waals surface area contributed by atoms with Gasteiger partial charge < -0.3 is 10.4 Å². The average molecular weight is 422 g/mol. The van der Waals surface area contributed by atoms with Crippen LogP contribution in [0.25, 0.3) is 0 Å². The second kappa shape index (κ2) is 16.1. The van der Waals surface area contributed by atoms with Crippen LogP contribution in [-0.2, 0) is 9.59 Å². The van der Waals surface area contributed by atoms with Crippen LogP contribution in [0.2, 0.25) is 0 Å². The van der Waals surface area contributed by atoms with E-state index in [0.29, 0.717) is 5.75 Å². The van der Waals surface area contributed by atoms with Gasteiger partial charge in [0.1, 0.15) is 6.04 Å². The fraction of sp³-hybridized carbons (Fsp3) is 0.583. The first-order valence-electron chi connectivity index (χ1n) is 10.3. The number of carboxylic acids is 1. The van der Waals surface area contributed by atoms with Crippen molar-refractivity contribution in [1.29, 1.82) is 0 Å². The number of amides is 1. The molecular weight excluding hydrogens is 382 g/mol. The van der Waals surface area contributed by atoms with Crippen molar-refractivity contribution in [2.45, 2.75) is 79.7 Å². The zero-order valence-corrected chi connectivity index (χ0v) is 19.8. The number of aliphatic carboxylic acids is 1. The third-order valence-electron chi connectivity index (χ3n) is 4.27. The van der Waals surface area contributed by atoms with Crippen LogP contribution in [0.15, 0.2) is 46.6 Å². The minimum absolute atomic E-state index is 0.315. The van der Waals surface area contributed by atoms with Gasteiger partial charge in [0.15, 0.2) is 0 Å². The van der Waals surface area contributed by atoms with Crippen LogP contribution in [0.4, 0.5) is 0 Å². The molecule has 0 aliphatic carbocycles. The molecule has 164 valence electrons. The van der Waals surface area contributed by atoms with E-state index in [1.165, 1.54) is 41.0 Å². The van der Waals surface area contributed by atoms with Crippen molar-refractivity contribution in [2.24, 2.45) is 0 Å². The van der Waals surface area contributed by atoms with Gasteiger partial charge in [-0.2, -0.15) is 11.8 Å². The molecule has 0 heterocycles. The minimum atomic E-state index is -0.991. The maximum atomic E-state index is 11.2. The normalized spacial score (nSPS) is 12.9. The second-order valence-corrected chi connectivity index (χ2v) is 8.96. The van der Waals surface area contributed by atoms with Crippen molar-refractivity contribution in [2.75, 3.05) is 11.5 Å². The van der Waals surface area contributed by atoms with E-state index in [-0.39, 0.29) is 5.91 Å². The van der Waals surface area contributed by atoms with Crippen molar-refractivity contribution in [3.05, 3.63) is 46.6 Å². The maximum Gasteiger partial charge on any atom is 0.327 e. The molecule has 0 unspecified atom stereocenters. The van der Waals surface area contributed by atoms with Crippen LogP contribution in [0.1, 0.15) is 73.6 Å². The molecular formula is C24H39NO3S. The smallest absolute Gasteiger partial charge is 0.327 e. The van der Waals surface area contributed by atoms with Crippen molar-refractivity contribution >= 4 is 23.6 Å². The molecule has 0 aliphatic heterocycles. The van der Waals surface area contributed by atoms with E-state index >= 15 is 0 Å². The molecule has 2 N–H and O–H groups in total. The maximum absolute atomic E-state index is 11.2. The average Bonchev–Trinajstić information content (AvgIpc) is 2.60. The van der Waals surface area contributed by atoms with E-state index < -0.39 is 12.0 Å². The van der Waals surface area contributed by atoms with Gasteiger partial charge in [-0.25, -0.2) is 4.79 Å². The van der Waals surface area contributed by atoms with Gasteiger partial charge in [0.05, 0.1) is 0 Å². The summed E-state index contributed by atoms with van der Waals surface area (Å²) in [5.74, 6) is -0.191. The Balaban J connectivity index is 4.67. The summed E-state index contributed by atoms with van der Waals surface area (Å²) in [6.45, 7) is 12.0. The molecule has 1 amide bonds. The summed E-state index contributed by atoms with van der Waals surface area (Å²) in [7, 11) is 0. The van der Waals surface area contributed by atoms with Gasteiger partial charge in [0, 0.05) is 18.4 Å². The van der Waals surface area contributed by atoms with Crippen LogP contribution in [0.5, 0.6) is 0 Å². The summed E-state index contributed by atoms with van der Waals surface area (Å²) in [4.78, 5) is 22.3. The summed E-state index contributed by atoms with van der Waals surface area (Å²) in [6, 6.07) is -0.835. The van der Waals surface area contributed by atoms with Gasteiger partial charge >= 0.3 is 5.97 Å². The van der Waals surface area contributed by atoms with E-state index in [9.17, 15) is 14.7 Å². The van der Waals surface area contributed by atoms with E-state index in [4.69, 9.17) is 0 Å². The molecule has 1 atom stereocenters. The van der Waals surface area contributed by atoms with Gasteiger partial charge in [-0.05, 0) is 66.7 Å². The molecule has 0 rings (SSSR count). The predicted octanol–water partition coefficient (Wildman–Crippen LogP) is 6.06. The number of hydrogen-bond acceptors (Lipinski definition) is 3. The lowest BCUT2D eigenvalue weighted by atomic mass is 10.0. The van der Waals surface area contributed by atoms with Gasteiger partial charge in [-0.15, -0.1) is 0 Å². The lowest BCUT2D eigenvalue weighted by Crippen LogP contribution is -2.41. The summed E-state index contributed by atoms with van der Waals surface area (Å²) in [5, 5.41) is 11.7. The number of hydrogen-bond donors (Lipinski definition) is 2. The van der Waals surface area contributed by atoms with Gasteiger partial charge in [0.2, 0.25) is 5.91 Å². The van der Waals surface area contributed by atoms with Gasteiger partial charge in [0.25, 0.3) is 0 Å². The minimum Gasteiger partial charge on any atom is -0.480 e. The Labute approximate surface area is 181 Å². The zero-order chi connectivity index (χ0) is 22.2. The first-order chi connectivity index (χ1) is 13.6. The molecule has 4 nitrogen and oxygen atoms in total. The van der Waals surface area contributed by atoms with E-state index in [1.54, 1.807) is 0 Å². The first kappa shape index (κ1) is 27.2. The van der Waals surface area contributed by atoms with E-state index in [0.717, 1.165) is 37.9 Å². The molecule has 0 aromatic carbocycles. The molecule has 0 saturated heterocycles. The van der Waals surface area contributed by atoms with Crippen LogP contribution in [-0.4, -0.2) is 34.5 Å². The Kier molecular flexibility index (Phi) is 15.1. The largest absolute Gasteiger partial charge is 0.480 e. The molecule has 29 heavy (non-hydrogen) atoms. The zero-order valence-electron chi connectivity index (χ0n) is 19.0. The highest BCUT2D eigenvalue weighted by Gasteiger charge is 2.17. The van der Waals surface area contributed by atoms with Crippen LogP contribution in [0.3, 0.4) is 0 Å². The molecule has 0 radical (unpaired) electrons. The highest BCUT2D eigenvalue weighted by Crippen LogP contribution is 2.17. The fourth-order valence-corrected chi connectivity index (χ4v) is 3.55. The van der Waals surface area contributed by atoms with Crippen LogP contribution in [0, 0.1) is 0 Å². The SMILES string of the molecule is CC(=O)N[C@@H](CSCC=C(CC=C(C)C)CCC=C(C)CCC=C(C)C)C(=O)O. The van der Waals surface area contributed by atoms with Crippen molar-refractivity contribution < 1.29 is 14.7 Å². The number of thioether (sulfide) groups is 1. The van der Waals surface area contributed by atoms with Crippen LogP contribution < -0.4 is 5.32 Å². The number of rotatable bonds is 14. The van der Waals surface area contributed by atoms with Crippen LogP contribution >= 0.6 is 11.8 Å². The highest BCUT2D eigenvalue weighted by molar-refractivity contribution is 7.99. The number of allylic oxidation sites excluding steroid dienone is 7. The molecule has 5 heteroatoms. The standard InChI is InChI=1S/C24H39NO3S/c1-18(2)9-7-10-20(5)11-8-12-22(14-13-19(3)4)15-16-29-17-23(24(27)28)25-21(6)26/h9,11,13,15,23H,7-8,10,12,14,16-17H2,1-6H3,(H,25,26)(H,27,28)/t23-/m0/s1. The molecule has 0 aliphatic rings. The van der Waals surface area contributed by atoms with Crippen molar-refractivity contribution in [3.63, 3.8) is 0 Å². The predicted molar refractivity (Wildman–Crippen MR) is 126 cm³/mol. The Morgan fingerprint density at radius 3 is 2.07 bits per heavy atom. The highest BCUT2D eigenvalue weighted by atomic mass is 32.2. The van der Waals surface area contributed by atoms with E-state index in [2.05, 4.69) is 64.2 Å². The molecule has 0 aromatic heterocycles. The number of nitrogens with one attached hydrogen (secondary N) is 1. The quantitative estimate of drug-likeness (QED) is 0.264. The Hall–Kier alpha value is -1.75. The lowest BCUT2D eigenvalue weighted by molar-refractivity contribution is -0.140. The Morgan fingerprint density at radius 1 is 0.897 bits per heavy atom. The lowest BCUT2D eigenvalue weighted by Gasteiger charge is -2.12. The summed E-state index contributed by atoms with van der Waals surface area (Å²) >= 11 is 1.53. The Bertz CT molecular complexity index is 637. The van der Waals surface area contributed by atoms with Gasteiger partial charge in [-0.3, -0.25) is 4.79 Å². The molecule has 0 fully saturated rings. The number of carbonyl (C=O) groups excluding carboxylic acids is 1. The topological polar surface area (TPSA) is 66.4 Å². The monoisotopic (exact) mass is 421 g/mol. The van der Waals surface area contributed by atoms with Gasteiger partial charge in [-0.1, -0.05) is 46.6 Å². The van der Waals surface area contributed by atoms with Crippen molar-refractivity contribution in [3.8, 4) is 0 Å². The van der Waals surface area contributed by atoms with Crippen molar-refractivity contribution in [1.82, 2.24) is 5.32 Å². The number of carbonyl (C=O) groups is 2.